The molecule has 12 nitrogen and oxygen atoms in total. The Hall–Kier alpha value is -4.07. The van der Waals surface area contributed by atoms with Crippen molar-refractivity contribution in [1.82, 2.24) is 24.8 Å². The lowest BCUT2D eigenvalue weighted by Crippen LogP contribution is -2.48. The molecule has 3 aromatic rings. The summed E-state index contributed by atoms with van der Waals surface area (Å²) in [5.41, 5.74) is 6.33. The van der Waals surface area contributed by atoms with E-state index < -0.39 is 5.82 Å². The number of carbonyl (C=O) groups excluding carboxylic acids is 1. The highest BCUT2D eigenvalue weighted by molar-refractivity contribution is 6.33. The van der Waals surface area contributed by atoms with Crippen molar-refractivity contribution in [3.8, 4) is 17.6 Å². The molecule has 2 aliphatic heterocycles. The Morgan fingerprint density at radius 1 is 1.23 bits per heavy atom. The van der Waals surface area contributed by atoms with E-state index in [0.717, 1.165) is 12.3 Å². The lowest BCUT2D eigenvalue weighted by Gasteiger charge is -2.35. The van der Waals surface area contributed by atoms with Gasteiger partial charge in [0, 0.05) is 70.5 Å². The molecular weight excluding hydrogens is 579 g/mol. The van der Waals surface area contributed by atoms with Crippen LogP contribution in [0.15, 0.2) is 31.0 Å². The first-order valence-corrected chi connectivity index (χ1v) is 14.2. The molecule has 2 aromatic heterocycles. The maximum absolute atomic E-state index is 14.6. The number of benzene rings is 1. The summed E-state index contributed by atoms with van der Waals surface area (Å²) < 4.78 is 32.7. The molecule has 0 spiro atoms. The number of aromatic nitrogens is 3. The van der Waals surface area contributed by atoms with Gasteiger partial charge >= 0.3 is 6.01 Å². The number of ether oxygens (including phenoxy) is 3. The van der Waals surface area contributed by atoms with Gasteiger partial charge in [0.25, 0.3) is 0 Å². The average molecular weight is 613 g/mol. The average Bonchev–Trinajstić information content (AvgIpc) is 3.42. The third-order valence-corrected chi connectivity index (χ3v) is 8.08. The first-order valence-electron chi connectivity index (χ1n) is 13.9. The number of likely N-dealkylation sites (tertiary alicyclic amines) is 1. The van der Waals surface area contributed by atoms with Crippen LogP contribution in [0.2, 0.25) is 5.02 Å². The summed E-state index contributed by atoms with van der Waals surface area (Å²) in [4.78, 5) is 32.1. The SMILES string of the molecule is C=CC(=O)N1CCN(c2nc(O[C@@H]3CN(C(C)C)C[C@H]3OC)nc3c(Oc4c(Cl)c(F)cc(N)c4C=N)nccc23)CC1. The van der Waals surface area contributed by atoms with Gasteiger partial charge in [-0.05, 0) is 32.1 Å². The number of nitrogens with zero attached hydrogens (tertiary/aromatic N) is 6. The zero-order valence-electron chi connectivity index (χ0n) is 24.2. The number of halogens is 2. The van der Waals surface area contributed by atoms with Crippen LogP contribution in [0.4, 0.5) is 15.9 Å². The Kier molecular flexibility index (Phi) is 8.95. The zero-order chi connectivity index (χ0) is 30.8. The van der Waals surface area contributed by atoms with E-state index in [0.29, 0.717) is 56.5 Å². The van der Waals surface area contributed by atoms with E-state index in [2.05, 4.69) is 30.3 Å². The molecule has 0 saturated carbocycles. The molecule has 2 aliphatic rings. The van der Waals surface area contributed by atoms with Gasteiger partial charge in [-0.2, -0.15) is 9.97 Å². The van der Waals surface area contributed by atoms with Crippen LogP contribution in [-0.2, 0) is 9.53 Å². The first kappa shape index (κ1) is 30.4. The van der Waals surface area contributed by atoms with Gasteiger partial charge in [0.2, 0.25) is 11.8 Å². The number of methoxy groups -OCH3 is 1. The van der Waals surface area contributed by atoms with E-state index in [4.69, 9.17) is 46.9 Å². The maximum Gasteiger partial charge on any atom is 0.319 e. The highest BCUT2D eigenvalue weighted by atomic mass is 35.5. The summed E-state index contributed by atoms with van der Waals surface area (Å²) >= 11 is 6.26. The standard InChI is InChI=1S/C29H34ClFN8O4/c1-5-23(40)37-8-10-38(11-9-37)27-17-6-7-34-28(43-26-18(13-32)20(33)12-19(31)24(26)30)25(17)35-29(36-27)42-22-15-39(16(2)3)14-21(22)41-4/h5-7,12-13,16,21-22,32H,1,8-11,14-15,33H2,2-4H3/t21-,22-/m1/s1. The van der Waals surface area contributed by atoms with Gasteiger partial charge in [-0.3, -0.25) is 9.69 Å². The zero-order valence-corrected chi connectivity index (χ0v) is 25.0. The monoisotopic (exact) mass is 612 g/mol. The molecule has 2 atom stereocenters. The number of nitrogen functional groups attached to an aromatic ring is 1. The molecule has 2 fully saturated rings. The van der Waals surface area contributed by atoms with Crippen molar-refractivity contribution in [2.45, 2.75) is 32.1 Å². The van der Waals surface area contributed by atoms with Crippen LogP contribution in [0.25, 0.3) is 10.9 Å². The largest absolute Gasteiger partial charge is 0.456 e. The van der Waals surface area contributed by atoms with Gasteiger partial charge < -0.3 is 35.2 Å². The predicted octanol–water partition coefficient (Wildman–Crippen LogP) is 3.51. The Morgan fingerprint density at radius 3 is 2.60 bits per heavy atom. The van der Waals surface area contributed by atoms with Crippen LogP contribution in [0, 0.1) is 11.2 Å². The summed E-state index contributed by atoms with van der Waals surface area (Å²) in [5.74, 6) is -0.530. The molecule has 0 unspecified atom stereocenters. The van der Waals surface area contributed by atoms with Crippen molar-refractivity contribution in [3.05, 3.63) is 47.4 Å². The van der Waals surface area contributed by atoms with Crippen molar-refractivity contribution in [1.29, 1.82) is 5.41 Å². The van der Waals surface area contributed by atoms with Crippen LogP contribution in [0.5, 0.6) is 17.6 Å². The molecule has 5 rings (SSSR count). The first-order chi connectivity index (χ1) is 20.6. The summed E-state index contributed by atoms with van der Waals surface area (Å²) in [6.45, 7) is 11.1. The number of piperazine rings is 1. The Labute approximate surface area is 253 Å². The van der Waals surface area contributed by atoms with E-state index >= 15 is 0 Å². The van der Waals surface area contributed by atoms with Crippen molar-refractivity contribution in [2.24, 2.45) is 0 Å². The second-order valence-corrected chi connectivity index (χ2v) is 11.0. The number of hydrogen-bond donors (Lipinski definition) is 2. The molecule has 43 heavy (non-hydrogen) atoms. The van der Waals surface area contributed by atoms with Crippen LogP contribution in [0.1, 0.15) is 19.4 Å². The molecule has 1 amide bonds. The number of amides is 1. The van der Waals surface area contributed by atoms with Gasteiger partial charge in [0.15, 0.2) is 5.75 Å². The van der Waals surface area contributed by atoms with Crippen molar-refractivity contribution >= 4 is 46.1 Å². The third-order valence-electron chi connectivity index (χ3n) is 7.73. The Bertz CT molecular complexity index is 1550. The fourth-order valence-corrected chi connectivity index (χ4v) is 5.48. The number of nitrogens with one attached hydrogen (secondary N) is 1. The fourth-order valence-electron chi connectivity index (χ4n) is 5.28. The fraction of sp³-hybridized carbons (Fsp3) is 0.414. The Morgan fingerprint density at radius 2 is 1.95 bits per heavy atom. The molecule has 0 aliphatic carbocycles. The minimum atomic E-state index is -0.798. The maximum atomic E-state index is 14.6. The minimum absolute atomic E-state index is 0.00000785. The summed E-state index contributed by atoms with van der Waals surface area (Å²) in [6.07, 6.45) is 3.21. The molecule has 4 heterocycles. The number of fused-ring (bicyclic) bond motifs is 1. The van der Waals surface area contributed by atoms with Crippen LogP contribution < -0.4 is 20.1 Å². The van der Waals surface area contributed by atoms with Crippen molar-refractivity contribution in [2.75, 3.05) is 57.0 Å². The van der Waals surface area contributed by atoms with E-state index in [1.807, 2.05) is 4.90 Å². The van der Waals surface area contributed by atoms with E-state index in [9.17, 15) is 9.18 Å². The van der Waals surface area contributed by atoms with E-state index in [1.165, 1.54) is 12.3 Å². The number of nitrogens with two attached hydrogens (primary N) is 1. The van der Waals surface area contributed by atoms with Crippen molar-refractivity contribution < 1.29 is 23.4 Å². The molecular formula is C29H34ClFN8O4. The lowest BCUT2D eigenvalue weighted by molar-refractivity contribution is -0.126. The molecule has 14 heteroatoms. The van der Waals surface area contributed by atoms with Gasteiger partial charge in [-0.25, -0.2) is 9.37 Å². The summed E-state index contributed by atoms with van der Waals surface area (Å²) in [6, 6.07) is 3.16. The lowest BCUT2D eigenvalue weighted by atomic mass is 10.1. The van der Waals surface area contributed by atoms with Gasteiger partial charge in [-0.1, -0.05) is 18.2 Å². The van der Waals surface area contributed by atoms with Crippen LogP contribution >= 0.6 is 11.6 Å². The van der Waals surface area contributed by atoms with E-state index in [1.54, 1.807) is 18.1 Å². The highest BCUT2D eigenvalue weighted by Gasteiger charge is 2.37. The number of carbonyl (C=O) groups is 1. The number of pyridine rings is 1. The van der Waals surface area contributed by atoms with Crippen LogP contribution in [0.3, 0.4) is 0 Å². The molecule has 0 bridgehead atoms. The van der Waals surface area contributed by atoms with E-state index in [-0.39, 0.29) is 57.5 Å². The third kappa shape index (κ3) is 6.05. The number of hydrogen-bond acceptors (Lipinski definition) is 11. The summed E-state index contributed by atoms with van der Waals surface area (Å²) in [5, 5.41) is 8.05. The predicted molar refractivity (Wildman–Crippen MR) is 162 cm³/mol. The summed E-state index contributed by atoms with van der Waals surface area (Å²) in [7, 11) is 1.65. The van der Waals surface area contributed by atoms with Crippen LogP contribution in [-0.4, -0.2) is 102 Å². The smallest absolute Gasteiger partial charge is 0.319 e. The normalized spacial score (nSPS) is 19.2. The second-order valence-electron chi connectivity index (χ2n) is 10.6. The number of rotatable bonds is 9. The molecule has 228 valence electrons. The van der Waals surface area contributed by atoms with Gasteiger partial charge in [0.05, 0.1) is 10.9 Å². The van der Waals surface area contributed by atoms with Gasteiger partial charge in [0.1, 0.15) is 34.4 Å². The Balaban J connectivity index is 1.59. The molecule has 2 saturated heterocycles. The number of anilines is 2. The highest BCUT2D eigenvalue weighted by Crippen LogP contribution is 2.40. The second kappa shape index (κ2) is 12.7. The topological polar surface area (TPSA) is 143 Å². The minimum Gasteiger partial charge on any atom is -0.456 e. The molecule has 3 N–H and O–H groups in total. The molecule has 1 aromatic carbocycles. The quantitative estimate of drug-likeness (QED) is 0.209. The molecule has 0 radical (unpaired) electrons. The van der Waals surface area contributed by atoms with Gasteiger partial charge in [-0.15, -0.1) is 0 Å². The van der Waals surface area contributed by atoms with Crippen molar-refractivity contribution in [3.63, 3.8) is 0 Å².